The number of halogens is 1. The minimum atomic E-state index is -3.10. The molecule has 2 heterocycles. The minimum absolute atomic E-state index is 0.348. The molecule has 0 aromatic carbocycles. The van der Waals surface area contributed by atoms with E-state index in [9.17, 15) is 8.42 Å². The van der Waals surface area contributed by atoms with Gasteiger partial charge in [0.15, 0.2) is 11.0 Å². The summed E-state index contributed by atoms with van der Waals surface area (Å²) in [4.78, 5) is 10.0. The Morgan fingerprint density at radius 3 is 2.29 bits per heavy atom. The molecule has 0 spiro atoms. The number of hydrogen-bond acceptors (Lipinski definition) is 5. The van der Waals surface area contributed by atoms with Gasteiger partial charge in [0.1, 0.15) is 0 Å². The van der Waals surface area contributed by atoms with Gasteiger partial charge in [-0.15, -0.1) is 0 Å². The lowest BCUT2D eigenvalue weighted by Gasteiger charge is -2.33. The van der Waals surface area contributed by atoms with E-state index in [0.29, 0.717) is 37.1 Å². The van der Waals surface area contributed by atoms with Crippen LogP contribution in [0.1, 0.15) is 0 Å². The SMILES string of the molecule is CS(=O)(=O)N1CCN(c2nccnc2Cl)CC1. The molecule has 17 heavy (non-hydrogen) atoms. The van der Waals surface area contributed by atoms with E-state index >= 15 is 0 Å². The molecule has 94 valence electrons. The molecule has 0 amide bonds. The molecule has 1 aromatic heterocycles. The largest absolute Gasteiger partial charge is 0.351 e. The normalized spacial score (nSPS) is 18.4. The number of anilines is 1. The molecule has 0 aliphatic carbocycles. The number of sulfonamides is 1. The van der Waals surface area contributed by atoms with E-state index in [1.54, 1.807) is 6.20 Å². The Bertz CT molecular complexity index is 499. The Morgan fingerprint density at radius 1 is 1.18 bits per heavy atom. The zero-order chi connectivity index (χ0) is 12.5. The molecule has 1 saturated heterocycles. The van der Waals surface area contributed by atoms with Gasteiger partial charge in [0, 0.05) is 38.6 Å². The van der Waals surface area contributed by atoms with Gasteiger partial charge in [0.25, 0.3) is 0 Å². The first-order chi connectivity index (χ1) is 7.98. The Hall–Kier alpha value is -0.920. The quantitative estimate of drug-likeness (QED) is 0.773. The van der Waals surface area contributed by atoms with Gasteiger partial charge in [-0.2, -0.15) is 4.31 Å². The van der Waals surface area contributed by atoms with Gasteiger partial charge in [-0.05, 0) is 0 Å². The average molecular weight is 277 g/mol. The first-order valence-electron chi connectivity index (χ1n) is 5.15. The van der Waals surface area contributed by atoms with E-state index in [1.807, 2.05) is 4.90 Å². The summed E-state index contributed by atoms with van der Waals surface area (Å²) in [5, 5.41) is 0.348. The lowest BCUT2D eigenvalue weighted by atomic mass is 10.3. The van der Waals surface area contributed by atoms with Gasteiger partial charge in [0.05, 0.1) is 6.26 Å². The van der Waals surface area contributed by atoms with E-state index in [-0.39, 0.29) is 0 Å². The van der Waals surface area contributed by atoms with Gasteiger partial charge in [-0.1, -0.05) is 11.6 Å². The zero-order valence-electron chi connectivity index (χ0n) is 9.37. The van der Waals surface area contributed by atoms with Crippen molar-refractivity contribution < 1.29 is 8.42 Å². The van der Waals surface area contributed by atoms with Crippen molar-refractivity contribution >= 4 is 27.4 Å². The maximum atomic E-state index is 11.3. The van der Waals surface area contributed by atoms with Gasteiger partial charge in [-0.3, -0.25) is 0 Å². The van der Waals surface area contributed by atoms with Gasteiger partial charge >= 0.3 is 0 Å². The fraction of sp³-hybridized carbons (Fsp3) is 0.556. The lowest BCUT2D eigenvalue weighted by Crippen LogP contribution is -2.48. The van der Waals surface area contributed by atoms with Gasteiger partial charge < -0.3 is 4.90 Å². The minimum Gasteiger partial charge on any atom is -0.351 e. The Kier molecular flexibility index (Phi) is 3.50. The van der Waals surface area contributed by atoms with Crippen LogP contribution in [0.2, 0.25) is 5.15 Å². The molecule has 0 bridgehead atoms. The van der Waals surface area contributed by atoms with Gasteiger partial charge in [-0.25, -0.2) is 18.4 Å². The molecule has 0 N–H and O–H groups in total. The Morgan fingerprint density at radius 2 is 1.76 bits per heavy atom. The summed E-state index contributed by atoms with van der Waals surface area (Å²) in [5.41, 5.74) is 0. The first kappa shape index (κ1) is 12.5. The van der Waals surface area contributed by atoms with E-state index in [1.165, 1.54) is 16.8 Å². The van der Waals surface area contributed by atoms with Crippen LogP contribution in [-0.2, 0) is 10.0 Å². The maximum absolute atomic E-state index is 11.3. The number of aromatic nitrogens is 2. The number of nitrogens with zero attached hydrogens (tertiary/aromatic N) is 4. The predicted octanol–water partition coefficient (Wildman–Crippen LogP) is 0.212. The molecule has 6 nitrogen and oxygen atoms in total. The second-order valence-corrected chi connectivity index (χ2v) is 6.16. The molecule has 1 aromatic rings. The third-order valence-electron chi connectivity index (χ3n) is 2.64. The molecule has 0 saturated carbocycles. The highest BCUT2D eigenvalue weighted by Gasteiger charge is 2.25. The number of piperazine rings is 1. The fourth-order valence-electron chi connectivity index (χ4n) is 1.76. The van der Waals surface area contributed by atoms with E-state index < -0.39 is 10.0 Å². The number of rotatable bonds is 2. The van der Waals surface area contributed by atoms with Crippen LogP contribution in [-0.4, -0.2) is 55.1 Å². The first-order valence-corrected chi connectivity index (χ1v) is 7.37. The predicted molar refractivity (Wildman–Crippen MR) is 65.7 cm³/mol. The maximum Gasteiger partial charge on any atom is 0.211 e. The molecular formula is C9H13ClN4O2S. The van der Waals surface area contributed by atoms with Crippen molar-refractivity contribution in [2.75, 3.05) is 37.3 Å². The average Bonchev–Trinajstić information content (AvgIpc) is 2.29. The van der Waals surface area contributed by atoms with Crippen molar-refractivity contribution in [1.82, 2.24) is 14.3 Å². The lowest BCUT2D eigenvalue weighted by molar-refractivity contribution is 0.387. The van der Waals surface area contributed by atoms with Crippen LogP contribution in [0.5, 0.6) is 0 Å². The van der Waals surface area contributed by atoms with Crippen LogP contribution in [0, 0.1) is 0 Å². The summed E-state index contributed by atoms with van der Waals surface area (Å²) < 4.78 is 24.2. The highest BCUT2D eigenvalue weighted by atomic mass is 35.5. The van der Waals surface area contributed by atoms with Crippen molar-refractivity contribution in [2.45, 2.75) is 0 Å². The molecule has 1 aliphatic heterocycles. The second kappa shape index (κ2) is 4.75. The Balaban J connectivity index is 2.08. The summed E-state index contributed by atoms with van der Waals surface area (Å²) in [6, 6.07) is 0. The molecule has 1 aliphatic rings. The molecule has 1 fully saturated rings. The van der Waals surface area contributed by atoms with Crippen LogP contribution >= 0.6 is 11.6 Å². The summed E-state index contributed by atoms with van der Waals surface area (Å²) >= 11 is 5.94. The van der Waals surface area contributed by atoms with E-state index in [2.05, 4.69) is 9.97 Å². The van der Waals surface area contributed by atoms with Crippen LogP contribution in [0.3, 0.4) is 0 Å². The highest BCUT2D eigenvalue weighted by molar-refractivity contribution is 7.88. The van der Waals surface area contributed by atoms with Crippen LogP contribution in [0.15, 0.2) is 12.4 Å². The highest BCUT2D eigenvalue weighted by Crippen LogP contribution is 2.21. The van der Waals surface area contributed by atoms with E-state index in [0.717, 1.165) is 0 Å². The monoisotopic (exact) mass is 276 g/mol. The Labute approximate surface area is 105 Å². The van der Waals surface area contributed by atoms with Crippen molar-refractivity contribution in [3.8, 4) is 0 Å². The molecule has 8 heteroatoms. The summed E-state index contributed by atoms with van der Waals surface area (Å²) in [7, 11) is -3.10. The van der Waals surface area contributed by atoms with Crippen molar-refractivity contribution in [1.29, 1.82) is 0 Å². The van der Waals surface area contributed by atoms with Crippen molar-refractivity contribution in [2.24, 2.45) is 0 Å². The standard InChI is InChI=1S/C9H13ClN4O2S/c1-17(15,16)14-6-4-13(5-7-14)9-8(10)11-2-3-12-9/h2-3H,4-7H2,1H3. The second-order valence-electron chi connectivity index (χ2n) is 3.82. The van der Waals surface area contributed by atoms with Crippen LogP contribution < -0.4 is 4.90 Å². The molecular weight excluding hydrogens is 264 g/mol. The van der Waals surface area contributed by atoms with Crippen molar-refractivity contribution in [3.05, 3.63) is 17.5 Å². The van der Waals surface area contributed by atoms with Crippen LogP contribution in [0.25, 0.3) is 0 Å². The van der Waals surface area contributed by atoms with Gasteiger partial charge in [0.2, 0.25) is 10.0 Å². The third kappa shape index (κ3) is 2.85. The molecule has 0 unspecified atom stereocenters. The zero-order valence-corrected chi connectivity index (χ0v) is 10.9. The van der Waals surface area contributed by atoms with Crippen molar-refractivity contribution in [3.63, 3.8) is 0 Å². The molecule has 0 atom stereocenters. The number of hydrogen-bond donors (Lipinski definition) is 0. The van der Waals surface area contributed by atoms with E-state index in [4.69, 9.17) is 11.6 Å². The summed E-state index contributed by atoms with van der Waals surface area (Å²) in [6.45, 7) is 2.05. The summed E-state index contributed by atoms with van der Waals surface area (Å²) in [5.74, 6) is 0.613. The smallest absolute Gasteiger partial charge is 0.211 e. The molecule has 0 radical (unpaired) electrons. The summed E-state index contributed by atoms with van der Waals surface area (Å²) in [6.07, 6.45) is 4.32. The molecule has 2 rings (SSSR count). The third-order valence-corrected chi connectivity index (χ3v) is 4.21. The van der Waals surface area contributed by atoms with Crippen LogP contribution in [0.4, 0.5) is 5.82 Å². The fourth-order valence-corrected chi connectivity index (χ4v) is 2.81. The topological polar surface area (TPSA) is 66.4 Å².